The van der Waals surface area contributed by atoms with Gasteiger partial charge < -0.3 is 10.2 Å². The third-order valence-corrected chi connectivity index (χ3v) is 4.01. The first-order valence-electron chi connectivity index (χ1n) is 6.90. The van der Waals surface area contributed by atoms with Crippen LogP contribution in [0.3, 0.4) is 0 Å². The molecule has 3 rings (SSSR count). The monoisotopic (exact) mass is 275 g/mol. The molecule has 1 atom stereocenters. The number of nitrogens with one attached hydrogen (secondary N) is 1. The van der Waals surface area contributed by atoms with Crippen molar-refractivity contribution in [2.45, 2.75) is 6.04 Å². The average molecular weight is 275 g/mol. The molecule has 0 bridgehead atoms. The maximum absolute atomic E-state index is 4.34. The maximum Gasteiger partial charge on any atom is 0.163 e. The Morgan fingerprint density at radius 3 is 2.95 bits per heavy atom. The van der Waals surface area contributed by atoms with Crippen LogP contribution in [0.25, 0.3) is 11.0 Å². The van der Waals surface area contributed by atoms with E-state index >= 15 is 0 Å². The molecule has 0 aromatic carbocycles. The number of aromatic nitrogens is 4. The van der Waals surface area contributed by atoms with Gasteiger partial charge in [-0.05, 0) is 14.1 Å². The molecule has 0 aliphatic carbocycles. The predicted octanol–water partition coefficient (Wildman–Crippen LogP) is 0.0210. The van der Waals surface area contributed by atoms with Crippen molar-refractivity contribution in [1.29, 1.82) is 0 Å². The average Bonchev–Trinajstić information content (AvgIpc) is 2.82. The largest absolute Gasteiger partial charge is 0.368 e. The number of piperazine rings is 1. The van der Waals surface area contributed by atoms with Gasteiger partial charge in [-0.25, -0.2) is 9.97 Å². The molecule has 1 unspecified atom stereocenters. The number of aryl methyl sites for hydroxylation is 1. The van der Waals surface area contributed by atoms with Crippen molar-refractivity contribution in [2.75, 3.05) is 45.6 Å². The van der Waals surface area contributed by atoms with E-state index < -0.39 is 0 Å². The number of nitrogens with zero attached hydrogens (tertiary/aromatic N) is 6. The zero-order chi connectivity index (χ0) is 14.1. The van der Waals surface area contributed by atoms with Crippen LogP contribution in [0, 0.1) is 0 Å². The van der Waals surface area contributed by atoms with E-state index in [1.54, 1.807) is 11.0 Å². The minimum atomic E-state index is 0.496. The Morgan fingerprint density at radius 2 is 2.10 bits per heavy atom. The van der Waals surface area contributed by atoms with E-state index in [0.717, 1.165) is 43.0 Å². The van der Waals surface area contributed by atoms with Crippen LogP contribution in [0.15, 0.2) is 12.5 Å². The topological polar surface area (TPSA) is 62.1 Å². The van der Waals surface area contributed by atoms with Gasteiger partial charge in [0.1, 0.15) is 12.1 Å². The van der Waals surface area contributed by atoms with Crippen molar-refractivity contribution in [3.8, 4) is 0 Å². The Labute approximate surface area is 118 Å². The first-order valence-corrected chi connectivity index (χ1v) is 6.90. The summed E-state index contributed by atoms with van der Waals surface area (Å²) in [6.07, 6.45) is 3.40. The minimum Gasteiger partial charge on any atom is -0.368 e. The SMILES string of the molecule is CN1CCN(C)C(CNc2ncnc3c2cnn3C)C1. The number of fused-ring (bicyclic) bond motifs is 1. The van der Waals surface area contributed by atoms with Gasteiger partial charge in [0, 0.05) is 39.3 Å². The highest BCUT2D eigenvalue weighted by Crippen LogP contribution is 2.18. The summed E-state index contributed by atoms with van der Waals surface area (Å²) < 4.78 is 1.77. The molecule has 0 spiro atoms. The van der Waals surface area contributed by atoms with Gasteiger partial charge in [0.05, 0.1) is 11.6 Å². The molecule has 7 heteroatoms. The standard InChI is InChI=1S/C13H21N7/c1-18-4-5-19(2)10(8-18)6-14-12-11-7-17-20(3)13(11)16-9-15-12/h7,9-10H,4-6,8H2,1-3H3,(H,14,15,16). The smallest absolute Gasteiger partial charge is 0.163 e. The van der Waals surface area contributed by atoms with E-state index in [4.69, 9.17) is 0 Å². The second-order valence-electron chi connectivity index (χ2n) is 5.51. The molecule has 1 fully saturated rings. The summed E-state index contributed by atoms with van der Waals surface area (Å²) in [5.74, 6) is 0.865. The summed E-state index contributed by atoms with van der Waals surface area (Å²) >= 11 is 0. The van der Waals surface area contributed by atoms with Crippen molar-refractivity contribution in [1.82, 2.24) is 29.5 Å². The second-order valence-corrected chi connectivity index (χ2v) is 5.51. The second kappa shape index (κ2) is 5.34. The van der Waals surface area contributed by atoms with Crippen LogP contribution in [-0.4, -0.2) is 75.9 Å². The van der Waals surface area contributed by atoms with E-state index in [9.17, 15) is 0 Å². The fourth-order valence-corrected chi connectivity index (χ4v) is 2.64. The fraction of sp³-hybridized carbons (Fsp3) is 0.615. The molecule has 108 valence electrons. The summed E-state index contributed by atoms with van der Waals surface area (Å²) in [6.45, 7) is 4.19. The van der Waals surface area contributed by atoms with Crippen molar-refractivity contribution < 1.29 is 0 Å². The van der Waals surface area contributed by atoms with E-state index in [-0.39, 0.29) is 0 Å². The Kier molecular flexibility index (Phi) is 3.54. The summed E-state index contributed by atoms with van der Waals surface area (Å²) in [4.78, 5) is 13.4. The number of hydrogen-bond acceptors (Lipinski definition) is 6. The number of likely N-dealkylation sites (N-methyl/N-ethyl adjacent to an activating group) is 2. The molecular formula is C13H21N7. The lowest BCUT2D eigenvalue weighted by Gasteiger charge is -2.37. The Bertz CT molecular complexity index is 593. The molecule has 0 radical (unpaired) electrons. The van der Waals surface area contributed by atoms with Gasteiger partial charge in [-0.15, -0.1) is 0 Å². The van der Waals surface area contributed by atoms with E-state index in [2.05, 4.69) is 44.3 Å². The van der Waals surface area contributed by atoms with Crippen LogP contribution < -0.4 is 5.32 Å². The molecule has 1 aliphatic rings. The van der Waals surface area contributed by atoms with Crippen molar-refractivity contribution in [3.63, 3.8) is 0 Å². The molecule has 0 saturated carbocycles. The quantitative estimate of drug-likeness (QED) is 0.852. The molecule has 20 heavy (non-hydrogen) atoms. The summed E-state index contributed by atoms with van der Waals surface area (Å²) in [5.41, 5.74) is 0.858. The van der Waals surface area contributed by atoms with Crippen LogP contribution in [-0.2, 0) is 7.05 Å². The molecule has 7 nitrogen and oxygen atoms in total. The first-order chi connectivity index (χ1) is 9.65. The van der Waals surface area contributed by atoms with Crippen LogP contribution in [0.2, 0.25) is 0 Å². The highest BCUT2D eigenvalue weighted by Gasteiger charge is 2.22. The van der Waals surface area contributed by atoms with E-state index in [0.29, 0.717) is 6.04 Å². The minimum absolute atomic E-state index is 0.496. The highest BCUT2D eigenvalue weighted by atomic mass is 15.3. The molecule has 1 N–H and O–H groups in total. The molecular weight excluding hydrogens is 254 g/mol. The lowest BCUT2D eigenvalue weighted by atomic mass is 10.2. The Morgan fingerprint density at radius 1 is 1.25 bits per heavy atom. The van der Waals surface area contributed by atoms with Crippen LogP contribution in [0.1, 0.15) is 0 Å². The lowest BCUT2D eigenvalue weighted by molar-refractivity contribution is 0.122. The maximum atomic E-state index is 4.34. The highest BCUT2D eigenvalue weighted by molar-refractivity contribution is 5.85. The number of hydrogen-bond donors (Lipinski definition) is 1. The van der Waals surface area contributed by atoms with Crippen molar-refractivity contribution in [3.05, 3.63) is 12.5 Å². The summed E-state index contributed by atoms with van der Waals surface area (Å²) in [6, 6.07) is 0.496. The molecule has 2 aromatic heterocycles. The van der Waals surface area contributed by atoms with Crippen LogP contribution in [0.4, 0.5) is 5.82 Å². The third-order valence-electron chi connectivity index (χ3n) is 4.01. The van der Waals surface area contributed by atoms with Gasteiger partial charge in [-0.2, -0.15) is 5.10 Å². The molecule has 0 amide bonds. The van der Waals surface area contributed by atoms with Gasteiger partial charge in [0.15, 0.2) is 5.65 Å². The number of rotatable bonds is 3. The van der Waals surface area contributed by atoms with Gasteiger partial charge in [0.2, 0.25) is 0 Å². The normalized spacial score (nSPS) is 21.4. The first kappa shape index (κ1) is 13.3. The molecule has 3 heterocycles. The van der Waals surface area contributed by atoms with Gasteiger partial charge in [-0.1, -0.05) is 0 Å². The molecule has 1 aliphatic heterocycles. The predicted molar refractivity (Wildman–Crippen MR) is 78.7 cm³/mol. The zero-order valence-corrected chi connectivity index (χ0v) is 12.2. The summed E-state index contributed by atoms with van der Waals surface area (Å²) in [5, 5.41) is 8.66. The van der Waals surface area contributed by atoms with Gasteiger partial charge in [0.25, 0.3) is 0 Å². The fourth-order valence-electron chi connectivity index (χ4n) is 2.64. The summed E-state index contributed by atoms with van der Waals surface area (Å²) in [7, 11) is 6.24. The zero-order valence-electron chi connectivity index (χ0n) is 12.2. The molecule has 1 saturated heterocycles. The van der Waals surface area contributed by atoms with Crippen LogP contribution in [0.5, 0.6) is 0 Å². The van der Waals surface area contributed by atoms with E-state index in [1.165, 1.54) is 0 Å². The lowest BCUT2D eigenvalue weighted by Crippen LogP contribution is -2.52. The Balaban J connectivity index is 1.73. The van der Waals surface area contributed by atoms with Gasteiger partial charge in [-0.3, -0.25) is 9.58 Å². The van der Waals surface area contributed by atoms with E-state index in [1.807, 2.05) is 13.2 Å². The van der Waals surface area contributed by atoms with Crippen molar-refractivity contribution >= 4 is 16.9 Å². The van der Waals surface area contributed by atoms with Crippen LogP contribution >= 0.6 is 0 Å². The third kappa shape index (κ3) is 2.46. The van der Waals surface area contributed by atoms with Gasteiger partial charge >= 0.3 is 0 Å². The van der Waals surface area contributed by atoms with Crippen molar-refractivity contribution in [2.24, 2.45) is 7.05 Å². The number of anilines is 1. The molecule has 2 aromatic rings. The Hall–Kier alpha value is -1.73.